The third-order valence-electron chi connectivity index (χ3n) is 2.36. The second kappa shape index (κ2) is 7.01. The third-order valence-corrected chi connectivity index (χ3v) is 2.36. The number of hydrogen-bond donors (Lipinski definition) is 1. The molecule has 1 rings (SSSR count). The molecule has 0 bridgehead atoms. The fourth-order valence-electron chi connectivity index (χ4n) is 1.25. The predicted octanol–water partition coefficient (Wildman–Crippen LogP) is 2.36. The Morgan fingerprint density at radius 3 is 2.75 bits per heavy atom. The van der Waals surface area contributed by atoms with Crippen molar-refractivity contribution in [2.75, 3.05) is 6.61 Å². The molecular formula is C13H21NO2. The van der Waals surface area contributed by atoms with E-state index in [1.807, 2.05) is 44.2 Å². The zero-order valence-electron chi connectivity index (χ0n) is 9.90. The number of ether oxygens (including phenoxy) is 1. The van der Waals surface area contributed by atoms with Gasteiger partial charge in [-0.2, -0.15) is 0 Å². The van der Waals surface area contributed by atoms with Gasteiger partial charge in [-0.05, 0) is 18.9 Å². The van der Waals surface area contributed by atoms with Crippen molar-refractivity contribution in [1.29, 1.82) is 0 Å². The van der Waals surface area contributed by atoms with Crippen LogP contribution >= 0.6 is 0 Å². The Morgan fingerprint density at radius 1 is 1.44 bits per heavy atom. The zero-order chi connectivity index (χ0) is 11.8. The molecule has 16 heavy (non-hydrogen) atoms. The molecule has 0 spiro atoms. The summed E-state index contributed by atoms with van der Waals surface area (Å²) in [6, 6.07) is 10.0. The lowest BCUT2D eigenvalue weighted by Crippen LogP contribution is -2.34. The number of benzene rings is 1. The third kappa shape index (κ3) is 4.94. The number of carbonyl (C=O) groups is 1. The molecule has 1 N–H and O–H groups in total. The van der Waals surface area contributed by atoms with E-state index >= 15 is 0 Å². The van der Waals surface area contributed by atoms with Crippen LogP contribution in [0.2, 0.25) is 0 Å². The fourth-order valence-corrected chi connectivity index (χ4v) is 1.25. The first-order chi connectivity index (χ1) is 7.72. The number of hydrogen-bond acceptors (Lipinski definition) is 2. The lowest BCUT2D eigenvalue weighted by Gasteiger charge is -2.11. The van der Waals surface area contributed by atoms with Crippen LogP contribution in [0.15, 0.2) is 30.3 Å². The summed E-state index contributed by atoms with van der Waals surface area (Å²) in [7, 11) is 0. The molecule has 1 aromatic rings. The Kier molecular flexibility index (Phi) is 5.57. The van der Waals surface area contributed by atoms with E-state index in [2.05, 4.69) is 5.32 Å². The van der Waals surface area contributed by atoms with E-state index in [0.717, 1.165) is 12.0 Å². The summed E-state index contributed by atoms with van der Waals surface area (Å²) >= 11 is 0. The lowest BCUT2D eigenvalue weighted by molar-refractivity contribution is -0.126. The maximum Gasteiger partial charge on any atom is 0.246 e. The van der Waals surface area contributed by atoms with Crippen LogP contribution in [0.25, 0.3) is 0 Å². The van der Waals surface area contributed by atoms with Gasteiger partial charge in [0.25, 0.3) is 0 Å². The molecule has 0 aliphatic heterocycles. The molecule has 0 radical (unpaired) electrons. The van der Waals surface area contributed by atoms with Crippen LogP contribution in [0.1, 0.15) is 27.3 Å². The van der Waals surface area contributed by atoms with Gasteiger partial charge < -0.3 is 10.1 Å². The largest absolute Gasteiger partial charge is 0.367 e. The van der Waals surface area contributed by atoms with Crippen molar-refractivity contribution >= 4 is 5.91 Å². The van der Waals surface area contributed by atoms with Gasteiger partial charge >= 0.3 is 0 Å². The van der Waals surface area contributed by atoms with Crippen LogP contribution in [-0.4, -0.2) is 18.6 Å². The van der Waals surface area contributed by atoms with Crippen LogP contribution < -0.4 is 5.32 Å². The summed E-state index contributed by atoms with van der Waals surface area (Å²) in [6.07, 6.45) is 0.935. The van der Waals surface area contributed by atoms with Crippen molar-refractivity contribution in [2.45, 2.75) is 32.9 Å². The molecule has 0 aliphatic rings. The summed E-state index contributed by atoms with van der Waals surface area (Å²) in [5, 5.41) is 2.85. The van der Waals surface area contributed by atoms with Crippen molar-refractivity contribution in [2.24, 2.45) is 0 Å². The van der Waals surface area contributed by atoms with Gasteiger partial charge in [-0.15, -0.1) is 0 Å². The van der Waals surface area contributed by atoms with Gasteiger partial charge in [0, 0.05) is 7.47 Å². The molecule has 3 nitrogen and oxygen atoms in total. The first-order valence-corrected chi connectivity index (χ1v) is 5.63. The fraction of sp³-hybridized carbons (Fsp3) is 0.462. The van der Waals surface area contributed by atoms with Crippen molar-refractivity contribution in [1.82, 2.24) is 5.32 Å². The average Bonchev–Trinajstić information content (AvgIpc) is 2.30. The molecule has 3 heteroatoms. The molecule has 0 aliphatic carbocycles. The lowest BCUT2D eigenvalue weighted by atomic mass is 10.2. The van der Waals surface area contributed by atoms with Gasteiger partial charge in [0.05, 0.1) is 6.61 Å². The number of rotatable bonds is 6. The highest BCUT2D eigenvalue weighted by Gasteiger charge is 2.04. The quantitative estimate of drug-likeness (QED) is 0.804. The zero-order valence-corrected chi connectivity index (χ0v) is 9.90. The second-order valence-corrected chi connectivity index (χ2v) is 3.86. The summed E-state index contributed by atoms with van der Waals surface area (Å²) in [5.74, 6) is -0.0507. The predicted molar refractivity (Wildman–Crippen MR) is 66.1 cm³/mol. The van der Waals surface area contributed by atoms with Crippen LogP contribution in [0.5, 0.6) is 0 Å². The van der Waals surface area contributed by atoms with Crippen molar-refractivity contribution in [3.8, 4) is 0 Å². The molecule has 1 atom stereocenters. The molecule has 0 aromatic heterocycles. The topological polar surface area (TPSA) is 38.3 Å². The van der Waals surface area contributed by atoms with E-state index in [-0.39, 0.29) is 20.0 Å². The monoisotopic (exact) mass is 223 g/mol. The Balaban J connectivity index is 0.00000256. The molecule has 0 saturated heterocycles. The van der Waals surface area contributed by atoms with Crippen LogP contribution in [0.4, 0.5) is 0 Å². The number of amides is 1. The van der Waals surface area contributed by atoms with Gasteiger partial charge in [0.15, 0.2) is 0 Å². The van der Waals surface area contributed by atoms with E-state index < -0.39 is 0 Å². The Bertz CT molecular complexity index is 316. The van der Waals surface area contributed by atoms with E-state index in [1.165, 1.54) is 0 Å². The van der Waals surface area contributed by atoms with E-state index in [9.17, 15) is 4.79 Å². The Morgan fingerprint density at radius 2 is 2.12 bits per heavy atom. The Hall–Kier alpha value is -1.35. The SMILES string of the molecule is CCC(C)NC(=O)COCc1ccccc1.[HH]. The number of nitrogens with one attached hydrogen (secondary N) is 1. The molecule has 0 heterocycles. The highest BCUT2D eigenvalue weighted by Crippen LogP contribution is 2.00. The first kappa shape index (κ1) is 12.7. The van der Waals surface area contributed by atoms with Gasteiger partial charge in [-0.3, -0.25) is 4.79 Å². The molecule has 90 valence electrons. The summed E-state index contributed by atoms with van der Waals surface area (Å²) in [5.41, 5.74) is 1.08. The van der Waals surface area contributed by atoms with Crippen molar-refractivity contribution < 1.29 is 11.0 Å². The van der Waals surface area contributed by atoms with Gasteiger partial charge in [0.2, 0.25) is 5.91 Å². The minimum Gasteiger partial charge on any atom is -0.367 e. The van der Waals surface area contributed by atoms with E-state index in [1.54, 1.807) is 0 Å². The highest BCUT2D eigenvalue weighted by molar-refractivity contribution is 5.77. The molecule has 1 unspecified atom stereocenters. The summed E-state index contributed by atoms with van der Waals surface area (Å²) < 4.78 is 5.31. The van der Waals surface area contributed by atoms with Gasteiger partial charge in [0.1, 0.15) is 6.61 Å². The van der Waals surface area contributed by atoms with Crippen molar-refractivity contribution in [3.63, 3.8) is 0 Å². The summed E-state index contributed by atoms with van der Waals surface area (Å²) in [4.78, 5) is 11.4. The Labute approximate surface area is 98.3 Å². The van der Waals surface area contributed by atoms with Gasteiger partial charge in [-0.25, -0.2) is 0 Å². The summed E-state index contributed by atoms with van der Waals surface area (Å²) in [6.45, 7) is 4.62. The molecule has 0 fully saturated rings. The molecule has 1 amide bonds. The van der Waals surface area contributed by atoms with Crippen LogP contribution in [0.3, 0.4) is 0 Å². The molecule has 0 saturated carbocycles. The molecule has 1 aromatic carbocycles. The number of carbonyl (C=O) groups excluding carboxylic acids is 1. The second-order valence-electron chi connectivity index (χ2n) is 3.86. The first-order valence-electron chi connectivity index (χ1n) is 5.63. The van der Waals surface area contributed by atoms with Crippen molar-refractivity contribution in [3.05, 3.63) is 35.9 Å². The molecular weight excluding hydrogens is 202 g/mol. The van der Waals surface area contributed by atoms with Crippen LogP contribution in [-0.2, 0) is 16.1 Å². The normalized spacial score (nSPS) is 12.1. The van der Waals surface area contributed by atoms with Gasteiger partial charge in [-0.1, -0.05) is 37.3 Å². The minimum atomic E-state index is -0.0507. The maximum atomic E-state index is 11.4. The van der Waals surface area contributed by atoms with Crippen LogP contribution in [0, 0.1) is 0 Å². The van der Waals surface area contributed by atoms with E-state index in [0.29, 0.717) is 6.61 Å². The van der Waals surface area contributed by atoms with E-state index in [4.69, 9.17) is 4.74 Å². The highest BCUT2D eigenvalue weighted by atomic mass is 16.5. The smallest absolute Gasteiger partial charge is 0.246 e. The standard InChI is InChI=1S/C13H19NO2.H2/c1-3-11(2)14-13(15)10-16-9-12-7-5-4-6-8-12;/h4-8,11H,3,9-10H2,1-2H3,(H,14,15);1H. The average molecular weight is 223 g/mol. The maximum absolute atomic E-state index is 11.4. The minimum absolute atomic E-state index is 0.